The van der Waals surface area contributed by atoms with E-state index >= 15 is 0 Å². The second-order valence-electron chi connectivity index (χ2n) is 6.16. The van der Waals surface area contributed by atoms with Crippen molar-refractivity contribution >= 4 is 11.6 Å². The summed E-state index contributed by atoms with van der Waals surface area (Å²) in [5.41, 5.74) is 2.06. The average molecular weight is 321 g/mol. The molecule has 0 spiro atoms. The summed E-state index contributed by atoms with van der Waals surface area (Å²) in [6, 6.07) is 3.91. The van der Waals surface area contributed by atoms with Gasteiger partial charge in [0.1, 0.15) is 11.4 Å². The number of carbonyl (C=O) groups is 1. The maximum Gasteiger partial charge on any atom is 0.256 e. The van der Waals surface area contributed by atoms with Crippen molar-refractivity contribution in [2.24, 2.45) is 0 Å². The van der Waals surface area contributed by atoms with Gasteiger partial charge in [-0.1, -0.05) is 20.3 Å². The Bertz CT molecular complexity index is 496. The summed E-state index contributed by atoms with van der Waals surface area (Å²) in [6.45, 7) is 13.1. The summed E-state index contributed by atoms with van der Waals surface area (Å²) in [4.78, 5) is 12.6. The number of ether oxygens (including phenoxy) is 2. The van der Waals surface area contributed by atoms with E-state index in [1.54, 1.807) is 0 Å². The van der Waals surface area contributed by atoms with E-state index in [9.17, 15) is 4.79 Å². The molecule has 1 unspecified atom stereocenters. The van der Waals surface area contributed by atoms with E-state index in [-0.39, 0.29) is 5.91 Å². The van der Waals surface area contributed by atoms with E-state index in [4.69, 9.17) is 9.47 Å². The first-order chi connectivity index (χ1) is 10.9. The molecule has 0 saturated heterocycles. The lowest BCUT2D eigenvalue weighted by Gasteiger charge is -2.28. The Balaban J connectivity index is 2.93. The Morgan fingerprint density at radius 3 is 2.22 bits per heavy atom. The molecule has 1 N–H and O–H groups in total. The van der Waals surface area contributed by atoms with Gasteiger partial charge in [-0.3, -0.25) is 4.79 Å². The van der Waals surface area contributed by atoms with Crippen LogP contribution in [0.1, 0.15) is 58.1 Å². The van der Waals surface area contributed by atoms with Crippen molar-refractivity contribution in [3.05, 3.63) is 23.3 Å². The largest absolute Gasteiger partial charge is 0.493 e. The molecule has 4 nitrogen and oxygen atoms in total. The highest BCUT2D eigenvalue weighted by Crippen LogP contribution is 2.28. The zero-order valence-electron chi connectivity index (χ0n) is 15.4. The molecule has 1 rings (SSSR count). The van der Waals surface area contributed by atoms with Crippen LogP contribution in [0.15, 0.2) is 12.1 Å². The van der Waals surface area contributed by atoms with Crippen LogP contribution in [0.5, 0.6) is 5.75 Å². The number of carbonyl (C=O) groups excluding carboxylic acids is 1. The molecule has 0 aliphatic rings. The Labute approximate surface area is 140 Å². The lowest BCUT2D eigenvalue weighted by atomic mass is 9.98. The van der Waals surface area contributed by atoms with Crippen LogP contribution >= 0.6 is 0 Å². The van der Waals surface area contributed by atoms with E-state index < -0.39 is 5.60 Å². The van der Waals surface area contributed by atoms with Crippen molar-refractivity contribution in [1.29, 1.82) is 0 Å². The van der Waals surface area contributed by atoms with Crippen LogP contribution in [0.3, 0.4) is 0 Å². The summed E-state index contributed by atoms with van der Waals surface area (Å²) >= 11 is 0. The van der Waals surface area contributed by atoms with Gasteiger partial charge in [0.05, 0.1) is 6.61 Å². The molecule has 0 heterocycles. The van der Waals surface area contributed by atoms with Crippen molar-refractivity contribution in [2.75, 3.05) is 18.5 Å². The average Bonchev–Trinajstić information content (AvgIpc) is 2.47. The van der Waals surface area contributed by atoms with Gasteiger partial charge in [-0.2, -0.15) is 0 Å². The van der Waals surface area contributed by atoms with Crippen molar-refractivity contribution in [1.82, 2.24) is 0 Å². The fourth-order valence-electron chi connectivity index (χ4n) is 2.76. The summed E-state index contributed by atoms with van der Waals surface area (Å²) in [5, 5.41) is 3.00. The van der Waals surface area contributed by atoms with E-state index in [1.165, 1.54) is 0 Å². The minimum Gasteiger partial charge on any atom is -0.493 e. The number of hydrogen-bond donors (Lipinski definition) is 1. The number of anilines is 1. The zero-order chi connectivity index (χ0) is 17.5. The van der Waals surface area contributed by atoms with Gasteiger partial charge in [0.2, 0.25) is 0 Å². The van der Waals surface area contributed by atoms with Crippen molar-refractivity contribution in [3.8, 4) is 5.75 Å². The van der Waals surface area contributed by atoms with Gasteiger partial charge >= 0.3 is 0 Å². The van der Waals surface area contributed by atoms with E-state index in [0.717, 1.165) is 35.4 Å². The molecule has 23 heavy (non-hydrogen) atoms. The topological polar surface area (TPSA) is 47.6 Å². The van der Waals surface area contributed by atoms with Crippen LogP contribution in [0.4, 0.5) is 5.69 Å². The number of hydrogen-bond acceptors (Lipinski definition) is 3. The second-order valence-corrected chi connectivity index (χ2v) is 6.16. The predicted molar refractivity (Wildman–Crippen MR) is 95.3 cm³/mol. The Morgan fingerprint density at radius 2 is 1.74 bits per heavy atom. The monoisotopic (exact) mass is 321 g/mol. The number of aryl methyl sites for hydroxylation is 2. The van der Waals surface area contributed by atoms with Crippen molar-refractivity contribution in [3.63, 3.8) is 0 Å². The minimum absolute atomic E-state index is 0.0952. The molecular formula is C19H31NO3. The van der Waals surface area contributed by atoms with Gasteiger partial charge in [-0.05, 0) is 63.8 Å². The first-order valence-corrected chi connectivity index (χ1v) is 8.57. The fourth-order valence-corrected chi connectivity index (χ4v) is 2.76. The highest BCUT2D eigenvalue weighted by atomic mass is 16.5. The molecule has 130 valence electrons. The first kappa shape index (κ1) is 19.5. The molecule has 0 bridgehead atoms. The summed E-state index contributed by atoms with van der Waals surface area (Å²) in [5.74, 6) is 0.813. The number of nitrogens with one attached hydrogen (secondary N) is 1. The molecule has 0 radical (unpaired) electrons. The van der Waals surface area contributed by atoms with Crippen LogP contribution in [-0.2, 0) is 9.53 Å². The lowest BCUT2D eigenvalue weighted by molar-refractivity contribution is -0.139. The Morgan fingerprint density at radius 1 is 1.13 bits per heavy atom. The summed E-state index contributed by atoms with van der Waals surface area (Å²) < 4.78 is 11.5. The molecular weight excluding hydrogens is 290 g/mol. The lowest BCUT2D eigenvalue weighted by Crippen LogP contribution is -2.42. The molecule has 0 aliphatic heterocycles. The molecule has 4 heteroatoms. The van der Waals surface area contributed by atoms with Crippen LogP contribution in [-0.4, -0.2) is 24.7 Å². The van der Waals surface area contributed by atoms with E-state index in [0.29, 0.717) is 19.6 Å². The predicted octanol–water partition coefficient (Wildman–Crippen LogP) is 4.63. The van der Waals surface area contributed by atoms with Crippen LogP contribution in [0.2, 0.25) is 0 Å². The maximum absolute atomic E-state index is 12.6. The van der Waals surface area contributed by atoms with Gasteiger partial charge in [-0.25, -0.2) is 0 Å². The number of rotatable bonds is 9. The molecule has 1 aromatic carbocycles. The quantitative estimate of drug-likeness (QED) is 0.721. The van der Waals surface area contributed by atoms with Gasteiger partial charge in [0, 0.05) is 12.3 Å². The maximum atomic E-state index is 12.6. The fraction of sp³-hybridized carbons (Fsp3) is 0.632. The van der Waals surface area contributed by atoms with E-state index in [1.807, 2.05) is 39.8 Å². The normalized spacial score (nSPS) is 13.5. The first-order valence-electron chi connectivity index (χ1n) is 8.57. The van der Waals surface area contributed by atoms with Gasteiger partial charge in [0.25, 0.3) is 5.91 Å². The van der Waals surface area contributed by atoms with Crippen LogP contribution in [0.25, 0.3) is 0 Å². The highest BCUT2D eigenvalue weighted by molar-refractivity contribution is 5.97. The molecule has 1 amide bonds. The van der Waals surface area contributed by atoms with Crippen LogP contribution < -0.4 is 10.1 Å². The summed E-state index contributed by atoms with van der Waals surface area (Å²) in [6.07, 6.45) is 2.56. The van der Waals surface area contributed by atoms with Gasteiger partial charge in [-0.15, -0.1) is 0 Å². The third kappa shape index (κ3) is 5.24. The molecule has 0 aliphatic carbocycles. The molecule has 0 saturated carbocycles. The minimum atomic E-state index is -0.789. The van der Waals surface area contributed by atoms with Crippen LogP contribution in [0, 0.1) is 13.8 Å². The SMILES string of the molecule is CCCOc1c(C)cc(NC(=O)C(C)(CCC)OCC)cc1C. The Kier molecular flexibility index (Phi) is 7.56. The van der Waals surface area contributed by atoms with Gasteiger partial charge < -0.3 is 14.8 Å². The number of amides is 1. The zero-order valence-corrected chi connectivity index (χ0v) is 15.4. The second kappa shape index (κ2) is 8.92. The Hall–Kier alpha value is -1.55. The molecule has 1 atom stereocenters. The highest BCUT2D eigenvalue weighted by Gasteiger charge is 2.33. The molecule has 0 fully saturated rings. The smallest absolute Gasteiger partial charge is 0.256 e. The van der Waals surface area contributed by atoms with Crippen molar-refractivity contribution < 1.29 is 14.3 Å². The van der Waals surface area contributed by atoms with E-state index in [2.05, 4.69) is 19.2 Å². The van der Waals surface area contributed by atoms with Gasteiger partial charge in [0.15, 0.2) is 0 Å². The standard InChI is InChI=1S/C19H31NO3/c1-7-10-19(6,23-9-3)18(21)20-16-12-14(4)17(15(5)13-16)22-11-8-2/h12-13H,7-11H2,1-6H3,(H,20,21). The summed E-state index contributed by atoms with van der Waals surface area (Å²) in [7, 11) is 0. The third-order valence-corrected chi connectivity index (χ3v) is 3.84. The van der Waals surface area contributed by atoms with Crippen molar-refractivity contribution in [2.45, 2.75) is 66.4 Å². The molecule has 0 aromatic heterocycles. The number of benzene rings is 1. The third-order valence-electron chi connectivity index (χ3n) is 3.84. The molecule has 1 aromatic rings.